The molecule has 3 aliphatic heterocycles. The summed E-state index contributed by atoms with van der Waals surface area (Å²) < 4.78 is 37.1. The van der Waals surface area contributed by atoms with Crippen LogP contribution in [0.2, 0.25) is 0 Å². The number of rotatable bonds is 2. The van der Waals surface area contributed by atoms with Crippen LogP contribution in [-0.2, 0) is 27.9 Å². The van der Waals surface area contributed by atoms with Crippen molar-refractivity contribution in [3.05, 3.63) is 77.3 Å². The van der Waals surface area contributed by atoms with Gasteiger partial charge in [-0.05, 0) is 146 Å². The molecule has 3 saturated heterocycles. The highest BCUT2D eigenvalue weighted by atomic mass is 79.9. The van der Waals surface area contributed by atoms with Gasteiger partial charge in [0.15, 0.2) is 0 Å². The molecule has 0 radical (unpaired) electrons. The van der Waals surface area contributed by atoms with E-state index in [0.29, 0.717) is 0 Å². The SMILES string of the molecule is CC1(C)OB(B2OC(C)(C)C(C)(C)O2)OC1(C)C.CC1(C)OB(c2ccc3cc(N)ccc3c2)OC1(C)C.Nc1ccc2cc(Br)ccc2c1. The van der Waals surface area contributed by atoms with Crippen molar-refractivity contribution >= 4 is 75.4 Å². The third kappa shape index (κ3) is 7.92. The van der Waals surface area contributed by atoms with Crippen LogP contribution in [0.25, 0.3) is 21.5 Å². The van der Waals surface area contributed by atoms with Crippen molar-refractivity contribution in [2.75, 3.05) is 11.5 Å². The number of benzene rings is 4. The summed E-state index contributed by atoms with van der Waals surface area (Å²) in [6.07, 6.45) is 0. The summed E-state index contributed by atoms with van der Waals surface area (Å²) in [4.78, 5) is 0. The van der Waals surface area contributed by atoms with Crippen molar-refractivity contribution in [1.82, 2.24) is 0 Å². The van der Waals surface area contributed by atoms with Gasteiger partial charge in [0.05, 0.1) is 33.6 Å². The van der Waals surface area contributed by atoms with Crippen LogP contribution in [-0.4, -0.2) is 54.7 Å². The van der Waals surface area contributed by atoms with E-state index in [1.807, 2.05) is 104 Å². The van der Waals surface area contributed by atoms with E-state index in [1.165, 1.54) is 10.8 Å². The normalized spacial score (nSPS) is 22.2. The van der Waals surface area contributed by atoms with Crippen LogP contribution in [0.15, 0.2) is 77.3 Å². The monoisotopic (exact) mass is 744 g/mol. The Morgan fingerprint density at radius 1 is 0.420 bits per heavy atom. The maximum absolute atomic E-state index is 6.08. The van der Waals surface area contributed by atoms with Crippen LogP contribution in [0.4, 0.5) is 11.4 Å². The molecule has 0 saturated carbocycles. The van der Waals surface area contributed by atoms with E-state index in [9.17, 15) is 0 Å². The Hall–Kier alpha value is -2.57. The summed E-state index contributed by atoms with van der Waals surface area (Å²) in [6, 6.07) is 24.2. The number of nitrogens with two attached hydrogens (primary N) is 2. The standard InChI is InChI=1S/C16H20BNO2.C12H24B2O4.C10H8BrN/c1-15(2)16(3,4)20-17(19-15)13-7-5-12-10-14(18)8-6-11(12)9-13;1-9(2)10(3,4)16-13(15-9)14-17-11(5,6)12(7,8)18-14;11-9-3-1-8-6-10(12)4-2-7(8)5-9/h5-10H,18H2,1-4H3;1-8H3;1-6H,12H2. The topological polar surface area (TPSA) is 107 Å². The fourth-order valence-electron chi connectivity index (χ4n) is 5.64. The van der Waals surface area contributed by atoms with Gasteiger partial charge in [-0.1, -0.05) is 52.3 Å². The molecule has 0 amide bonds. The van der Waals surface area contributed by atoms with Crippen molar-refractivity contribution in [3.63, 3.8) is 0 Å². The van der Waals surface area contributed by atoms with Gasteiger partial charge in [0.1, 0.15) is 0 Å². The quantitative estimate of drug-likeness (QED) is 0.157. The Kier molecular flexibility index (Phi) is 10.4. The molecule has 0 unspecified atom stereocenters. The third-order valence-corrected chi connectivity index (χ3v) is 11.5. The zero-order chi connectivity index (χ0) is 37.1. The van der Waals surface area contributed by atoms with E-state index in [2.05, 4.69) is 67.9 Å². The summed E-state index contributed by atoms with van der Waals surface area (Å²) in [7, 11) is -1.27. The summed E-state index contributed by atoms with van der Waals surface area (Å²) in [5, 5.41) is 4.66. The van der Waals surface area contributed by atoms with Gasteiger partial charge in [0.2, 0.25) is 0 Å². The van der Waals surface area contributed by atoms with Gasteiger partial charge in [-0.15, -0.1) is 0 Å². The minimum absolute atomic E-state index is 0.312. The van der Waals surface area contributed by atoms with Crippen LogP contribution in [0.1, 0.15) is 83.1 Å². The van der Waals surface area contributed by atoms with Crippen LogP contribution in [0.5, 0.6) is 0 Å². The van der Waals surface area contributed by atoms with Crippen molar-refractivity contribution in [2.45, 2.75) is 117 Å². The molecule has 266 valence electrons. The van der Waals surface area contributed by atoms with Gasteiger partial charge < -0.3 is 39.4 Å². The number of hydrogen-bond donors (Lipinski definition) is 2. The number of nitrogen functional groups attached to an aromatic ring is 2. The Balaban J connectivity index is 0.000000150. The van der Waals surface area contributed by atoms with Crippen molar-refractivity contribution < 1.29 is 27.9 Å². The molecular formula is C38H52B3BrN2O6. The molecule has 3 aliphatic rings. The Morgan fingerprint density at radius 2 is 0.740 bits per heavy atom. The summed E-state index contributed by atoms with van der Waals surface area (Å²) >= 11 is 3.42. The molecule has 0 spiro atoms. The zero-order valence-corrected chi connectivity index (χ0v) is 33.2. The fourth-order valence-corrected chi connectivity index (χ4v) is 6.02. The average Bonchev–Trinajstić information content (AvgIpc) is 3.46. The van der Waals surface area contributed by atoms with Gasteiger partial charge in [0.25, 0.3) is 0 Å². The van der Waals surface area contributed by atoms with Crippen LogP contribution < -0.4 is 16.9 Å². The second-order valence-electron chi connectivity index (χ2n) is 16.5. The van der Waals surface area contributed by atoms with Gasteiger partial charge in [-0.3, -0.25) is 0 Å². The summed E-state index contributed by atoms with van der Waals surface area (Å²) in [6.45, 7) is 24.5. The predicted molar refractivity (Wildman–Crippen MR) is 212 cm³/mol. The van der Waals surface area contributed by atoms with Crippen LogP contribution in [0, 0.1) is 0 Å². The Bertz CT molecular complexity index is 1740. The van der Waals surface area contributed by atoms with Gasteiger partial charge >= 0.3 is 21.1 Å². The first-order chi connectivity index (χ1) is 22.9. The largest absolute Gasteiger partial charge is 0.494 e. The lowest BCUT2D eigenvalue weighted by Gasteiger charge is -2.32. The molecule has 4 N–H and O–H groups in total. The van der Waals surface area contributed by atoms with Gasteiger partial charge in [0, 0.05) is 15.8 Å². The Labute approximate surface area is 307 Å². The number of hydrogen-bond acceptors (Lipinski definition) is 8. The summed E-state index contributed by atoms with van der Waals surface area (Å²) in [5.74, 6) is 0. The lowest BCUT2D eigenvalue weighted by molar-refractivity contribution is 0.00578. The Morgan fingerprint density at radius 3 is 1.16 bits per heavy atom. The van der Waals surface area contributed by atoms with E-state index < -0.39 is 14.0 Å². The molecular weight excluding hydrogens is 693 g/mol. The lowest BCUT2D eigenvalue weighted by Crippen LogP contribution is -2.41. The average molecular weight is 745 g/mol. The second kappa shape index (κ2) is 13.4. The first-order valence-electron chi connectivity index (χ1n) is 17.2. The highest BCUT2D eigenvalue weighted by Crippen LogP contribution is 2.43. The maximum atomic E-state index is 6.08. The molecule has 8 nitrogen and oxygen atoms in total. The molecule has 12 heteroatoms. The highest BCUT2D eigenvalue weighted by molar-refractivity contribution is 9.10. The molecule has 50 heavy (non-hydrogen) atoms. The van der Waals surface area contributed by atoms with E-state index in [0.717, 1.165) is 32.1 Å². The summed E-state index contributed by atoms with van der Waals surface area (Å²) in [5.41, 5.74) is 12.0. The zero-order valence-electron chi connectivity index (χ0n) is 31.6. The number of anilines is 2. The lowest BCUT2D eigenvalue weighted by atomic mass is 9.49. The van der Waals surface area contributed by atoms with E-state index >= 15 is 0 Å². The molecule has 0 aromatic heterocycles. The van der Waals surface area contributed by atoms with Gasteiger partial charge in [-0.2, -0.15) is 0 Å². The molecule has 0 bridgehead atoms. The first kappa shape index (κ1) is 38.7. The third-order valence-electron chi connectivity index (χ3n) is 11.0. The van der Waals surface area contributed by atoms with Crippen LogP contribution >= 0.6 is 15.9 Å². The second-order valence-corrected chi connectivity index (χ2v) is 17.4. The molecule has 3 heterocycles. The van der Waals surface area contributed by atoms with Crippen molar-refractivity contribution in [3.8, 4) is 0 Å². The molecule has 7 rings (SSSR count). The smallest absolute Gasteiger partial charge is 0.405 e. The van der Waals surface area contributed by atoms with E-state index in [1.54, 1.807) is 0 Å². The van der Waals surface area contributed by atoms with Crippen molar-refractivity contribution in [2.24, 2.45) is 0 Å². The van der Waals surface area contributed by atoms with Gasteiger partial charge in [-0.25, -0.2) is 0 Å². The van der Waals surface area contributed by atoms with Crippen LogP contribution in [0.3, 0.4) is 0 Å². The molecule has 3 fully saturated rings. The first-order valence-corrected chi connectivity index (χ1v) is 18.0. The minimum atomic E-state index is -0.476. The fraction of sp³-hybridized carbons (Fsp3) is 0.474. The molecule has 4 aromatic rings. The van der Waals surface area contributed by atoms with E-state index in [4.69, 9.17) is 39.4 Å². The highest BCUT2D eigenvalue weighted by Gasteiger charge is 2.63. The molecule has 4 aromatic carbocycles. The molecule has 0 aliphatic carbocycles. The number of fused-ring (bicyclic) bond motifs is 2. The number of halogens is 1. The minimum Gasteiger partial charge on any atom is -0.405 e. The van der Waals surface area contributed by atoms with Crippen molar-refractivity contribution in [1.29, 1.82) is 0 Å². The van der Waals surface area contributed by atoms with E-state index in [-0.39, 0.29) is 40.7 Å². The molecule has 0 atom stereocenters. The maximum Gasteiger partial charge on any atom is 0.494 e. The predicted octanol–water partition coefficient (Wildman–Crippen LogP) is 8.15.